The molecular weight excluding hydrogens is 298 g/mol. The minimum absolute atomic E-state index is 0.194. The van der Waals surface area contributed by atoms with Gasteiger partial charge in [-0.2, -0.15) is 0 Å². The number of carbonyl (C=O) groups excluding carboxylic acids is 3. The minimum atomic E-state index is -0.467. The van der Waals surface area contributed by atoms with Gasteiger partial charge in [-0.1, -0.05) is 0 Å². The molecule has 23 heavy (non-hydrogen) atoms. The molecule has 0 fully saturated rings. The highest BCUT2D eigenvalue weighted by Gasteiger charge is 2.14. The lowest BCUT2D eigenvalue weighted by molar-refractivity contribution is -0.114. The number of rotatable bonds is 3. The SMILES string of the molecule is CC(=O)Nc1ccc(C(=O)NNC(=O)c2cc(C)oc2C)cc1. The first-order valence-corrected chi connectivity index (χ1v) is 6.92. The molecule has 0 aliphatic rings. The lowest BCUT2D eigenvalue weighted by Crippen LogP contribution is -2.41. The summed E-state index contributed by atoms with van der Waals surface area (Å²) in [6.07, 6.45) is 0. The second kappa shape index (κ2) is 6.78. The Morgan fingerprint density at radius 1 is 0.957 bits per heavy atom. The quantitative estimate of drug-likeness (QED) is 0.753. The summed E-state index contributed by atoms with van der Waals surface area (Å²) in [7, 11) is 0. The molecule has 0 bridgehead atoms. The number of amides is 3. The number of hydrazine groups is 1. The number of aryl methyl sites for hydroxylation is 2. The highest BCUT2D eigenvalue weighted by atomic mass is 16.3. The van der Waals surface area contributed by atoms with Gasteiger partial charge in [-0.25, -0.2) is 0 Å². The van der Waals surface area contributed by atoms with E-state index in [-0.39, 0.29) is 5.91 Å². The lowest BCUT2D eigenvalue weighted by Gasteiger charge is -2.07. The number of hydrogen-bond acceptors (Lipinski definition) is 4. The number of furan rings is 1. The third-order valence-corrected chi connectivity index (χ3v) is 3.04. The van der Waals surface area contributed by atoms with Gasteiger partial charge in [0.05, 0.1) is 5.56 Å². The Morgan fingerprint density at radius 3 is 2.09 bits per heavy atom. The number of benzene rings is 1. The second-order valence-corrected chi connectivity index (χ2v) is 4.99. The van der Waals surface area contributed by atoms with Crippen molar-refractivity contribution in [3.05, 3.63) is 53.0 Å². The fourth-order valence-electron chi connectivity index (χ4n) is 2.02. The summed E-state index contributed by atoms with van der Waals surface area (Å²) in [5, 5.41) is 2.60. The van der Waals surface area contributed by atoms with E-state index in [1.54, 1.807) is 44.2 Å². The van der Waals surface area contributed by atoms with Crippen molar-refractivity contribution < 1.29 is 18.8 Å². The maximum atomic E-state index is 12.0. The van der Waals surface area contributed by atoms with Crippen LogP contribution in [-0.4, -0.2) is 17.7 Å². The minimum Gasteiger partial charge on any atom is -0.466 e. The van der Waals surface area contributed by atoms with Crippen LogP contribution in [0.15, 0.2) is 34.7 Å². The summed E-state index contributed by atoms with van der Waals surface area (Å²) >= 11 is 0. The maximum Gasteiger partial charge on any atom is 0.273 e. The van der Waals surface area contributed by atoms with E-state index >= 15 is 0 Å². The summed E-state index contributed by atoms with van der Waals surface area (Å²) in [5.41, 5.74) is 5.95. The van der Waals surface area contributed by atoms with Crippen molar-refractivity contribution in [1.82, 2.24) is 10.9 Å². The van der Waals surface area contributed by atoms with Gasteiger partial charge in [-0.05, 0) is 44.2 Å². The van der Waals surface area contributed by atoms with Crippen LogP contribution in [0.3, 0.4) is 0 Å². The van der Waals surface area contributed by atoms with E-state index < -0.39 is 11.8 Å². The Balaban J connectivity index is 1.95. The van der Waals surface area contributed by atoms with Crippen LogP contribution in [-0.2, 0) is 4.79 Å². The van der Waals surface area contributed by atoms with Gasteiger partial charge in [-0.15, -0.1) is 0 Å². The van der Waals surface area contributed by atoms with Crippen LogP contribution in [0.5, 0.6) is 0 Å². The molecule has 0 aliphatic heterocycles. The molecule has 120 valence electrons. The predicted molar refractivity (Wildman–Crippen MR) is 83.9 cm³/mol. The standard InChI is InChI=1S/C16H17N3O4/c1-9-8-14(10(2)23-9)16(22)19-18-15(21)12-4-6-13(7-5-12)17-11(3)20/h4-8H,1-3H3,(H,17,20)(H,18,21)(H,19,22). The second-order valence-electron chi connectivity index (χ2n) is 4.99. The average Bonchev–Trinajstić information content (AvgIpc) is 2.83. The molecule has 0 saturated carbocycles. The molecule has 3 N–H and O–H groups in total. The van der Waals surface area contributed by atoms with Crippen LogP contribution in [0.1, 0.15) is 39.2 Å². The zero-order valence-electron chi connectivity index (χ0n) is 13.0. The monoisotopic (exact) mass is 315 g/mol. The molecule has 0 unspecified atom stereocenters. The van der Waals surface area contributed by atoms with E-state index in [1.165, 1.54) is 6.92 Å². The van der Waals surface area contributed by atoms with E-state index in [0.29, 0.717) is 28.3 Å². The molecule has 0 atom stereocenters. The summed E-state index contributed by atoms with van der Waals surface area (Å²) in [4.78, 5) is 34.9. The number of nitrogens with one attached hydrogen (secondary N) is 3. The van der Waals surface area contributed by atoms with E-state index in [0.717, 1.165) is 0 Å². The molecular formula is C16H17N3O4. The number of hydrogen-bond donors (Lipinski definition) is 3. The third-order valence-electron chi connectivity index (χ3n) is 3.04. The van der Waals surface area contributed by atoms with Crippen molar-refractivity contribution in [3.8, 4) is 0 Å². The van der Waals surface area contributed by atoms with Crippen LogP contribution in [0.25, 0.3) is 0 Å². The lowest BCUT2D eigenvalue weighted by atomic mass is 10.2. The molecule has 0 spiro atoms. The molecule has 7 heteroatoms. The molecule has 0 saturated heterocycles. The zero-order valence-corrected chi connectivity index (χ0v) is 13.0. The van der Waals surface area contributed by atoms with Gasteiger partial charge < -0.3 is 9.73 Å². The fraction of sp³-hybridized carbons (Fsp3) is 0.188. The van der Waals surface area contributed by atoms with Gasteiger partial charge in [-0.3, -0.25) is 25.2 Å². The van der Waals surface area contributed by atoms with Gasteiger partial charge in [0.15, 0.2) is 0 Å². The summed E-state index contributed by atoms with van der Waals surface area (Å²) in [5.74, 6) is -0.0187. The Hall–Kier alpha value is -3.09. The first-order valence-electron chi connectivity index (χ1n) is 6.92. The van der Waals surface area contributed by atoms with Crippen molar-refractivity contribution in [2.75, 3.05) is 5.32 Å². The summed E-state index contributed by atoms with van der Waals surface area (Å²) in [6.45, 7) is 4.80. The highest BCUT2D eigenvalue weighted by molar-refractivity contribution is 6.00. The van der Waals surface area contributed by atoms with Crippen LogP contribution >= 0.6 is 0 Å². The van der Waals surface area contributed by atoms with Crippen LogP contribution in [0.4, 0.5) is 5.69 Å². The Labute approximate surface area is 133 Å². The van der Waals surface area contributed by atoms with Gasteiger partial charge in [0.25, 0.3) is 11.8 Å². The van der Waals surface area contributed by atoms with Crippen molar-refractivity contribution in [1.29, 1.82) is 0 Å². The first-order chi connectivity index (χ1) is 10.9. The Bertz CT molecular complexity index is 747. The van der Waals surface area contributed by atoms with Crippen LogP contribution in [0, 0.1) is 13.8 Å². The molecule has 0 aliphatic carbocycles. The van der Waals surface area contributed by atoms with Crippen molar-refractivity contribution in [2.45, 2.75) is 20.8 Å². The molecule has 1 aromatic carbocycles. The third kappa shape index (κ3) is 4.19. The van der Waals surface area contributed by atoms with E-state index in [1.807, 2.05) is 0 Å². The van der Waals surface area contributed by atoms with Crippen LogP contribution < -0.4 is 16.2 Å². The van der Waals surface area contributed by atoms with E-state index in [9.17, 15) is 14.4 Å². The van der Waals surface area contributed by atoms with Crippen molar-refractivity contribution >= 4 is 23.4 Å². The maximum absolute atomic E-state index is 12.0. The van der Waals surface area contributed by atoms with Gasteiger partial charge in [0, 0.05) is 18.2 Å². The zero-order chi connectivity index (χ0) is 17.0. The molecule has 2 rings (SSSR count). The first kappa shape index (κ1) is 16.3. The van der Waals surface area contributed by atoms with Gasteiger partial charge >= 0.3 is 0 Å². The highest BCUT2D eigenvalue weighted by Crippen LogP contribution is 2.13. The van der Waals surface area contributed by atoms with E-state index in [4.69, 9.17) is 4.42 Å². The molecule has 1 heterocycles. The van der Waals surface area contributed by atoms with E-state index in [2.05, 4.69) is 16.2 Å². The Morgan fingerprint density at radius 2 is 1.57 bits per heavy atom. The Kier molecular flexibility index (Phi) is 4.80. The van der Waals surface area contributed by atoms with Gasteiger partial charge in [0.2, 0.25) is 5.91 Å². The number of carbonyl (C=O) groups is 3. The molecule has 3 amide bonds. The molecule has 1 aromatic heterocycles. The topological polar surface area (TPSA) is 100 Å². The molecule has 0 radical (unpaired) electrons. The number of anilines is 1. The van der Waals surface area contributed by atoms with Crippen molar-refractivity contribution in [2.24, 2.45) is 0 Å². The largest absolute Gasteiger partial charge is 0.466 e. The summed E-state index contributed by atoms with van der Waals surface area (Å²) in [6, 6.07) is 7.88. The fourth-order valence-corrected chi connectivity index (χ4v) is 2.02. The average molecular weight is 315 g/mol. The molecule has 2 aromatic rings. The molecule has 7 nitrogen and oxygen atoms in total. The summed E-state index contributed by atoms with van der Waals surface area (Å²) < 4.78 is 5.26. The normalized spacial score (nSPS) is 10.0. The van der Waals surface area contributed by atoms with Crippen molar-refractivity contribution in [3.63, 3.8) is 0 Å². The smallest absolute Gasteiger partial charge is 0.273 e. The van der Waals surface area contributed by atoms with Gasteiger partial charge in [0.1, 0.15) is 11.5 Å². The predicted octanol–water partition coefficient (Wildman–Crippen LogP) is 1.93. The van der Waals surface area contributed by atoms with Crippen LogP contribution in [0.2, 0.25) is 0 Å².